The van der Waals surface area contributed by atoms with Crippen LogP contribution in [-0.4, -0.2) is 114 Å². The second-order valence-electron chi connectivity index (χ2n) is 7.87. The Balaban J connectivity index is 1.72. The molecule has 14 nitrogen and oxygen atoms in total. The lowest BCUT2D eigenvalue weighted by Gasteiger charge is -2.09. The maximum absolute atomic E-state index is 11.3. The third kappa shape index (κ3) is 21.7. The molecule has 222 valence electrons. The minimum absolute atomic E-state index is 0.0158. The Hall–Kier alpha value is -2.88. The Kier molecular flexibility index (Phi) is 21.2. The van der Waals surface area contributed by atoms with Crippen LogP contribution in [0, 0.1) is 10.1 Å². The molecule has 0 aliphatic carbocycles. The smallest absolute Gasteiger partial charge is 0.303 e. The normalized spacial score (nSPS) is 10.9. The van der Waals surface area contributed by atoms with E-state index in [9.17, 15) is 19.7 Å². The van der Waals surface area contributed by atoms with Crippen LogP contribution in [0.1, 0.15) is 19.3 Å². The van der Waals surface area contributed by atoms with Crippen molar-refractivity contribution in [2.45, 2.75) is 19.3 Å². The fourth-order valence-corrected chi connectivity index (χ4v) is 2.80. The summed E-state index contributed by atoms with van der Waals surface area (Å²) in [6, 6.07) is 5.87. The van der Waals surface area contributed by atoms with Crippen molar-refractivity contribution in [3.8, 4) is 5.75 Å². The number of amides is 1. The molecule has 0 atom stereocenters. The Morgan fingerprint density at radius 1 is 0.692 bits per heavy atom. The van der Waals surface area contributed by atoms with E-state index < -0.39 is 10.9 Å². The molecule has 1 rings (SSSR count). The Bertz CT molecular complexity index is 779. The van der Waals surface area contributed by atoms with E-state index in [0.29, 0.717) is 105 Å². The second-order valence-corrected chi connectivity index (χ2v) is 7.87. The van der Waals surface area contributed by atoms with E-state index in [1.807, 2.05) is 0 Å². The first-order valence-electron chi connectivity index (χ1n) is 12.8. The van der Waals surface area contributed by atoms with Crippen LogP contribution in [0.3, 0.4) is 0 Å². The number of benzene rings is 1. The number of non-ortho nitro benzene ring substituents is 1. The van der Waals surface area contributed by atoms with Gasteiger partial charge in [-0.05, 0) is 18.6 Å². The summed E-state index contributed by atoms with van der Waals surface area (Å²) in [5, 5.41) is 21.7. The summed E-state index contributed by atoms with van der Waals surface area (Å²) in [6.07, 6.45) is 0.459. The predicted molar refractivity (Wildman–Crippen MR) is 138 cm³/mol. The van der Waals surface area contributed by atoms with Gasteiger partial charge in [0.1, 0.15) is 12.4 Å². The van der Waals surface area contributed by atoms with Gasteiger partial charge in [-0.1, -0.05) is 0 Å². The SMILES string of the molecule is O=C(O)CCC(=O)NCCCOCCOCCOCCOCCOCCOCCOc1ccc([N+](=O)[O-])cc1. The van der Waals surface area contributed by atoms with E-state index in [1.165, 1.54) is 12.1 Å². The largest absolute Gasteiger partial charge is 0.491 e. The number of carbonyl (C=O) groups excluding carboxylic acids is 1. The minimum atomic E-state index is -0.988. The van der Waals surface area contributed by atoms with Crippen LogP contribution in [0.4, 0.5) is 5.69 Å². The lowest BCUT2D eigenvalue weighted by Crippen LogP contribution is -2.25. The number of aliphatic carboxylic acids is 1. The van der Waals surface area contributed by atoms with Crippen molar-refractivity contribution in [2.75, 3.05) is 92.4 Å². The fraction of sp³-hybridized carbons (Fsp3) is 0.680. The molecule has 0 radical (unpaired) electrons. The summed E-state index contributed by atoms with van der Waals surface area (Å²) in [5.74, 6) is -0.716. The van der Waals surface area contributed by atoms with Crippen molar-refractivity contribution in [1.29, 1.82) is 0 Å². The second kappa shape index (κ2) is 24.2. The number of carboxylic acid groups (broad SMARTS) is 1. The summed E-state index contributed by atoms with van der Waals surface area (Å²) < 4.78 is 37.9. The van der Waals surface area contributed by atoms with Gasteiger partial charge in [-0.2, -0.15) is 0 Å². The van der Waals surface area contributed by atoms with Gasteiger partial charge in [-0.15, -0.1) is 0 Å². The molecule has 1 aromatic carbocycles. The van der Waals surface area contributed by atoms with Crippen LogP contribution in [-0.2, 0) is 38.0 Å². The number of carboxylic acids is 1. The quantitative estimate of drug-likeness (QED) is 0.0901. The van der Waals surface area contributed by atoms with Gasteiger partial charge in [-0.25, -0.2) is 0 Å². The molecule has 0 unspecified atom stereocenters. The molecule has 0 spiro atoms. The van der Waals surface area contributed by atoms with Gasteiger partial charge >= 0.3 is 5.97 Å². The van der Waals surface area contributed by atoms with E-state index in [0.717, 1.165) is 0 Å². The molecule has 0 aliphatic rings. The lowest BCUT2D eigenvalue weighted by atomic mass is 10.3. The molecule has 1 aromatic rings. The zero-order valence-electron chi connectivity index (χ0n) is 22.2. The number of hydrogen-bond acceptors (Lipinski definition) is 11. The highest BCUT2D eigenvalue weighted by molar-refractivity contribution is 5.80. The third-order valence-electron chi connectivity index (χ3n) is 4.76. The molecule has 14 heteroatoms. The van der Waals surface area contributed by atoms with Gasteiger partial charge in [0, 0.05) is 31.7 Å². The van der Waals surface area contributed by atoms with E-state index in [-0.39, 0.29) is 24.4 Å². The highest BCUT2D eigenvalue weighted by atomic mass is 16.6. The highest BCUT2D eigenvalue weighted by Crippen LogP contribution is 2.17. The Morgan fingerprint density at radius 3 is 1.56 bits per heavy atom. The number of nitro groups is 1. The molecule has 0 bridgehead atoms. The van der Waals surface area contributed by atoms with Crippen molar-refractivity contribution >= 4 is 17.6 Å². The van der Waals surface area contributed by atoms with E-state index in [4.69, 9.17) is 38.3 Å². The number of nitrogens with zero attached hydrogens (tertiary/aromatic N) is 1. The first-order chi connectivity index (χ1) is 19.0. The monoisotopic (exact) mass is 560 g/mol. The van der Waals surface area contributed by atoms with Crippen molar-refractivity contribution < 1.29 is 52.8 Å². The topological polar surface area (TPSA) is 174 Å². The van der Waals surface area contributed by atoms with Crippen LogP contribution in [0.15, 0.2) is 24.3 Å². The summed E-state index contributed by atoms with van der Waals surface area (Å²) in [5.41, 5.74) is 0.0178. The molecule has 0 saturated heterocycles. The number of nitrogens with one attached hydrogen (secondary N) is 1. The van der Waals surface area contributed by atoms with Crippen molar-refractivity contribution in [1.82, 2.24) is 5.32 Å². The Morgan fingerprint density at radius 2 is 1.13 bits per heavy atom. The molecule has 2 N–H and O–H groups in total. The van der Waals surface area contributed by atoms with Crippen LogP contribution < -0.4 is 10.1 Å². The zero-order chi connectivity index (χ0) is 28.4. The number of hydrogen-bond donors (Lipinski definition) is 2. The van der Waals surface area contributed by atoms with Crippen molar-refractivity contribution in [3.63, 3.8) is 0 Å². The molecule has 0 aliphatic heterocycles. The van der Waals surface area contributed by atoms with Gasteiger partial charge in [-0.3, -0.25) is 19.7 Å². The van der Waals surface area contributed by atoms with Crippen LogP contribution in [0.2, 0.25) is 0 Å². The van der Waals surface area contributed by atoms with Gasteiger partial charge in [0.2, 0.25) is 5.91 Å². The standard InChI is InChI=1S/C25H40N2O12/c28-24(6-7-25(29)30)26-8-1-9-33-10-11-34-12-13-35-14-15-36-16-17-37-18-19-38-20-21-39-23-4-2-22(3-5-23)27(31)32/h2-5H,1,6-21H2,(H,26,28)(H,29,30). The van der Waals surface area contributed by atoms with Crippen molar-refractivity contribution in [2.24, 2.45) is 0 Å². The molecule has 0 aromatic heterocycles. The molecule has 0 heterocycles. The molecular weight excluding hydrogens is 520 g/mol. The third-order valence-corrected chi connectivity index (χ3v) is 4.76. The highest BCUT2D eigenvalue weighted by Gasteiger charge is 2.05. The van der Waals surface area contributed by atoms with E-state index in [2.05, 4.69) is 5.32 Å². The van der Waals surface area contributed by atoms with E-state index in [1.54, 1.807) is 12.1 Å². The van der Waals surface area contributed by atoms with Gasteiger partial charge in [0.15, 0.2) is 0 Å². The minimum Gasteiger partial charge on any atom is -0.491 e. The molecule has 1 amide bonds. The molecular formula is C25H40N2O12. The lowest BCUT2D eigenvalue weighted by molar-refractivity contribution is -0.384. The number of carbonyl (C=O) groups is 2. The first kappa shape index (κ1) is 34.1. The summed E-state index contributed by atoms with van der Waals surface area (Å²) in [7, 11) is 0. The van der Waals surface area contributed by atoms with Crippen molar-refractivity contribution in [3.05, 3.63) is 34.4 Å². The Labute approximate surface area is 227 Å². The average molecular weight is 561 g/mol. The van der Waals surface area contributed by atoms with Crippen LogP contribution >= 0.6 is 0 Å². The van der Waals surface area contributed by atoms with Gasteiger partial charge in [0.25, 0.3) is 5.69 Å². The number of nitro benzene ring substituents is 1. The van der Waals surface area contributed by atoms with Gasteiger partial charge in [0.05, 0.1) is 84.0 Å². The maximum Gasteiger partial charge on any atom is 0.303 e. The van der Waals surface area contributed by atoms with Crippen LogP contribution in [0.25, 0.3) is 0 Å². The first-order valence-corrected chi connectivity index (χ1v) is 12.8. The summed E-state index contributed by atoms with van der Waals surface area (Å²) in [4.78, 5) is 31.8. The molecule has 0 saturated carbocycles. The average Bonchev–Trinajstić information content (AvgIpc) is 2.92. The van der Waals surface area contributed by atoms with Crippen LogP contribution in [0.5, 0.6) is 5.75 Å². The number of ether oxygens (including phenoxy) is 7. The number of rotatable bonds is 27. The predicted octanol–water partition coefficient (Wildman–Crippen LogP) is 1.44. The zero-order valence-corrected chi connectivity index (χ0v) is 22.2. The maximum atomic E-state index is 11.3. The molecule has 39 heavy (non-hydrogen) atoms. The van der Waals surface area contributed by atoms with E-state index >= 15 is 0 Å². The van der Waals surface area contributed by atoms with Gasteiger partial charge < -0.3 is 43.6 Å². The summed E-state index contributed by atoms with van der Waals surface area (Å²) >= 11 is 0. The fourth-order valence-electron chi connectivity index (χ4n) is 2.80. The summed E-state index contributed by atoms with van der Waals surface area (Å²) in [6.45, 7) is 6.09. The molecule has 0 fully saturated rings.